The van der Waals surface area contributed by atoms with Crippen LogP contribution in [0.2, 0.25) is 0 Å². The van der Waals surface area contributed by atoms with E-state index < -0.39 is 35.5 Å². The van der Waals surface area contributed by atoms with Gasteiger partial charge in [0, 0.05) is 30.5 Å². The molecule has 5 rings (SSSR count). The third-order valence-corrected chi connectivity index (χ3v) is 7.81. The highest BCUT2D eigenvalue weighted by atomic mass is 19.1. The van der Waals surface area contributed by atoms with E-state index in [0.717, 1.165) is 12.1 Å². The lowest BCUT2D eigenvalue weighted by Crippen LogP contribution is -2.52. The summed E-state index contributed by atoms with van der Waals surface area (Å²) in [6.07, 6.45) is 1.42. The minimum Gasteiger partial charge on any atom is -0.356 e. The lowest BCUT2D eigenvalue weighted by Gasteiger charge is -2.30. The van der Waals surface area contributed by atoms with E-state index >= 15 is 0 Å². The van der Waals surface area contributed by atoms with Crippen LogP contribution in [0.15, 0.2) is 18.2 Å². The molecule has 2 aromatic rings. The van der Waals surface area contributed by atoms with Crippen LogP contribution in [0.25, 0.3) is 10.9 Å². The zero-order chi connectivity index (χ0) is 24.4. The van der Waals surface area contributed by atoms with Crippen LogP contribution in [0.3, 0.4) is 0 Å². The molecule has 34 heavy (non-hydrogen) atoms. The number of carbonyl (C=O) groups excluding carboxylic acids is 4. The fourth-order valence-electron chi connectivity index (χ4n) is 5.82. The lowest BCUT2D eigenvalue weighted by molar-refractivity contribution is -0.129. The van der Waals surface area contributed by atoms with Crippen LogP contribution < -0.4 is 10.6 Å². The van der Waals surface area contributed by atoms with Crippen LogP contribution in [0, 0.1) is 34.8 Å². The Balaban J connectivity index is 1.37. The molecule has 2 aliphatic heterocycles. The van der Waals surface area contributed by atoms with Gasteiger partial charge in [0.2, 0.25) is 11.8 Å². The Hall–Kier alpha value is -3.30. The molecule has 3 N–H and O–H groups in total. The molecule has 3 heterocycles. The van der Waals surface area contributed by atoms with Gasteiger partial charge in [-0.15, -0.1) is 0 Å². The van der Waals surface area contributed by atoms with Crippen molar-refractivity contribution < 1.29 is 28.0 Å². The second-order valence-electron chi connectivity index (χ2n) is 10.2. The summed E-state index contributed by atoms with van der Waals surface area (Å²) in [5.74, 6) is -2.93. The Labute approximate surface area is 194 Å². The summed E-state index contributed by atoms with van der Waals surface area (Å²) < 4.78 is 27.7. The summed E-state index contributed by atoms with van der Waals surface area (Å²) in [5.41, 5.74) is 0.0737. The Morgan fingerprint density at radius 2 is 2.06 bits per heavy atom. The first-order valence-corrected chi connectivity index (χ1v) is 11.4. The Morgan fingerprint density at radius 1 is 1.29 bits per heavy atom. The number of carbonyl (C=O) groups is 4. The van der Waals surface area contributed by atoms with Gasteiger partial charge >= 0.3 is 0 Å². The number of aromatic amines is 1. The second-order valence-corrected chi connectivity index (χ2v) is 10.2. The average Bonchev–Trinajstić information content (AvgIpc) is 3.28. The fraction of sp³-hybridized carbons (Fsp3) is 0.500. The third kappa shape index (κ3) is 3.56. The Kier molecular flexibility index (Phi) is 5.22. The molecule has 0 unspecified atom stereocenters. The zero-order valence-electron chi connectivity index (χ0n) is 18.9. The molecule has 3 amide bonds. The molecule has 0 bridgehead atoms. The van der Waals surface area contributed by atoms with Gasteiger partial charge < -0.3 is 25.3 Å². The van der Waals surface area contributed by atoms with Gasteiger partial charge in [-0.2, -0.15) is 0 Å². The van der Waals surface area contributed by atoms with Gasteiger partial charge in [-0.05, 0) is 42.2 Å². The van der Waals surface area contributed by atoms with Crippen LogP contribution >= 0.6 is 0 Å². The summed E-state index contributed by atoms with van der Waals surface area (Å²) in [6.45, 7) is 4.95. The van der Waals surface area contributed by atoms with Gasteiger partial charge in [0.15, 0.2) is 0 Å². The molecule has 8 nitrogen and oxygen atoms in total. The minimum absolute atomic E-state index is 0.0611. The van der Waals surface area contributed by atoms with Crippen molar-refractivity contribution in [2.45, 2.75) is 38.8 Å². The predicted octanol–water partition coefficient (Wildman–Crippen LogP) is 1.75. The van der Waals surface area contributed by atoms with E-state index in [1.54, 1.807) is 0 Å². The highest BCUT2D eigenvalue weighted by Crippen LogP contribution is 2.65. The van der Waals surface area contributed by atoms with Crippen LogP contribution in [0.1, 0.15) is 37.2 Å². The molecule has 1 saturated carbocycles. The number of rotatable bonds is 6. The lowest BCUT2D eigenvalue weighted by atomic mass is 9.97. The molecular weight excluding hydrogens is 446 g/mol. The van der Waals surface area contributed by atoms with Crippen molar-refractivity contribution >= 4 is 34.9 Å². The number of piperidine rings is 1. The fourth-order valence-corrected chi connectivity index (χ4v) is 5.82. The van der Waals surface area contributed by atoms with E-state index in [0.29, 0.717) is 25.8 Å². The molecule has 3 aliphatic rings. The van der Waals surface area contributed by atoms with E-state index in [-0.39, 0.29) is 52.1 Å². The van der Waals surface area contributed by atoms with Gasteiger partial charge in [0.05, 0.1) is 11.6 Å². The molecule has 0 radical (unpaired) electrons. The SMILES string of the molecule is CC1(C)[C@@H]2[C@@H](C(=O)N[C@H](C=O)C[C@@H]3CCNC3=O)N(C(=O)c3cc4c(F)cc(F)cc4[nH]3)C[C@@H]21. The van der Waals surface area contributed by atoms with Crippen LogP contribution in [0.5, 0.6) is 0 Å². The summed E-state index contributed by atoms with van der Waals surface area (Å²) in [6, 6.07) is 1.53. The second kappa shape index (κ2) is 7.89. The molecule has 1 aromatic carbocycles. The highest BCUT2D eigenvalue weighted by Gasteiger charge is 2.69. The van der Waals surface area contributed by atoms with Crippen molar-refractivity contribution in [3.05, 3.63) is 35.5 Å². The number of nitrogens with one attached hydrogen (secondary N) is 3. The summed E-state index contributed by atoms with van der Waals surface area (Å²) >= 11 is 0. The number of H-pyrrole nitrogens is 1. The van der Waals surface area contributed by atoms with Gasteiger partial charge in [0.1, 0.15) is 29.7 Å². The van der Waals surface area contributed by atoms with Crippen molar-refractivity contribution in [1.82, 2.24) is 20.5 Å². The minimum atomic E-state index is -0.843. The number of aromatic nitrogens is 1. The maximum atomic E-state index is 14.1. The number of aldehydes is 1. The summed E-state index contributed by atoms with van der Waals surface area (Å²) in [7, 11) is 0. The molecule has 0 spiro atoms. The summed E-state index contributed by atoms with van der Waals surface area (Å²) in [5, 5.41) is 5.54. The average molecular weight is 472 g/mol. The third-order valence-electron chi connectivity index (χ3n) is 7.81. The van der Waals surface area contributed by atoms with Gasteiger partial charge in [0.25, 0.3) is 5.91 Å². The number of hydrogen-bond donors (Lipinski definition) is 3. The number of hydrogen-bond acceptors (Lipinski definition) is 4. The smallest absolute Gasteiger partial charge is 0.271 e. The number of amides is 3. The van der Waals surface area contributed by atoms with E-state index in [2.05, 4.69) is 15.6 Å². The maximum Gasteiger partial charge on any atom is 0.271 e. The molecule has 3 fully saturated rings. The first-order chi connectivity index (χ1) is 16.1. The van der Waals surface area contributed by atoms with Crippen LogP contribution in [-0.4, -0.2) is 59.1 Å². The van der Waals surface area contributed by atoms with Crippen molar-refractivity contribution in [2.75, 3.05) is 13.1 Å². The summed E-state index contributed by atoms with van der Waals surface area (Å²) in [4.78, 5) is 54.4. The molecule has 2 saturated heterocycles. The molecule has 10 heteroatoms. The number of halogens is 2. The van der Waals surface area contributed by atoms with Crippen LogP contribution in [-0.2, 0) is 14.4 Å². The number of benzene rings is 1. The maximum absolute atomic E-state index is 14.1. The quantitative estimate of drug-likeness (QED) is 0.556. The zero-order valence-corrected chi connectivity index (χ0v) is 18.9. The monoisotopic (exact) mass is 472 g/mol. The topological polar surface area (TPSA) is 111 Å². The molecular formula is C24H26F2N4O4. The van der Waals surface area contributed by atoms with Gasteiger partial charge in [-0.3, -0.25) is 14.4 Å². The Bertz CT molecular complexity index is 1210. The molecule has 5 atom stereocenters. The van der Waals surface area contributed by atoms with Crippen molar-refractivity contribution in [3.63, 3.8) is 0 Å². The standard InChI is InChI=1S/C24H26F2N4O4/c1-24(2)15-9-30(23(34)18-8-14-16(26)6-12(25)7-17(14)29-18)20(19(15)24)22(33)28-13(10-31)5-11-3-4-27-21(11)32/h6-8,10-11,13,15,19-20,29H,3-5,9H2,1-2H3,(H,27,32)(H,28,33)/t11-,13-,15-,19-,20-/m0/s1. The number of nitrogens with zero attached hydrogens (tertiary/aromatic N) is 1. The van der Waals surface area contributed by atoms with E-state index in [9.17, 15) is 28.0 Å². The van der Waals surface area contributed by atoms with Gasteiger partial charge in [-0.25, -0.2) is 8.78 Å². The highest BCUT2D eigenvalue weighted by molar-refractivity contribution is 6.01. The van der Waals surface area contributed by atoms with Gasteiger partial charge in [-0.1, -0.05) is 13.8 Å². The Morgan fingerprint density at radius 3 is 2.74 bits per heavy atom. The van der Waals surface area contributed by atoms with Crippen molar-refractivity contribution in [2.24, 2.45) is 23.2 Å². The first kappa shape index (κ1) is 22.5. The van der Waals surface area contributed by atoms with E-state index in [1.165, 1.54) is 11.0 Å². The molecule has 180 valence electrons. The van der Waals surface area contributed by atoms with E-state index in [4.69, 9.17) is 0 Å². The normalized spacial score (nSPS) is 27.9. The van der Waals surface area contributed by atoms with Crippen molar-refractivity contribution in [3.8, 4) is 0 Å². The van der Waals surface area contributed by atoms with Crippen LogP contribution in [0.4, 0.5) is 8.78 Å². The molecule has 1 aliphatic carbocycles. The first-order valence-electron chi connectivity index (χ1n) is 11.4. The largest absolute Gasteiger partial charge is 0.356 e. The van der Waals surface area contributed by atoms with Crippen molar-refractivity contribution in [1.29, 1.82) is 0 Å². The predicted molar refractivity (Wildman–Crippen MR) is 118 cm³/mol. The number of likely N-dealkylation sites (tertiary alicyclic amines) is 1. The van der Waals surface area contributed by atoms with E-state index in [1.807, 2.05) is 13.8 Å². The number of fused-ring (bicyclic) bond motifs is 2. The molecule has 1 aromatic heterocycles.